The van der Waals surface area contributed by atoms with Gasteiger partial charge in [-0.1, -0.05) is 24.3 Å². The van der Waals surface area contributed by atoms with Crippen molar-refractivity contribution in [2.75, 3.05) is 7.05 Å². The van der Waals surface area contributed by atoms with Gasteiger partial charge < -0.3 is 5.32 Å². The highest BCUT2D eigenvalue weighted by molar-refractivity contribution is 5.76. The first-order chi connectivity index (χ1) is 7.70. The summed E-state index contributed by atoms with van der Waals surface area (Å²) in [5.74, 6) is 0.849. The summed E-state index contributed by atoms with van der Waals surface area (Å²) < 4.78 is 0. The Morgan fingerprint density at radius 3 is 2.38 bits per heavy atom. The quantitative estimate of drug-likeness (QED) is 0.835. The maximum absolute atomic E-state index is 11.2. The van der Waals surface area contributed by atoms with Gasteiger partial charge in [0.1, 0.15) is 5.78 Å². The van der Waals surface area contributed by atoms with Gasteiger partial charge in [0.25, 0.3) is 0 Å². The molecule has 0 aromatic heterocycles. The van der Waals surface area contributed by atoms with E-state index in [0.717, 1.165) is 12.8 Å². The molecule has 16 heavy (non-hydrogen) atoms. The van der Waals surface area contributed by atoms with Crippen molar-refractivity contribution >= 4 is 5.78 Å². The summed E-state index contributed by atoms with van der Waals surface area (Å²) >= 11 is 0. The van der Waals surface area contributed by atoms with Crippen molar-refractivity contribution in [1.82, 2.24) is 5.32 Å². The molecule has 1 N–H and O–H groups in total. The third-order valence-electron chi connectivity index (χ3n) is 3.53. The lowest BCUT2D eigenvalue weighted by atomic mass is 9.93. The molecule has 2 nitrogen and oxygen atoms in total. The van der Waals surface area contributed by atoms with Gasteiger partial charge in [-0.3, -0.25) is 4.79 Å². The summed E-state index contributed by atoms with van der Waals surface area (Å²) in [4.78, 5) is 11.2. The van der Waals surface area contributed by atoms with Gasteiger partial charge in [0.05, 0.1) is 0 Å². The van der Waals surface area contributed by atoms with Gasteiger partial charge in [-0.25, -0.2) is 0 Å². The Labute approximate surface area is 97.1 Å². The number of carbonyl (C=O) groups excluding carboxylic acids is 1. The van der Waals surface area contributed by atoms with Crippen molar-refractivity contribution in [3.05, 3.63) is 35.4 Å². The molecule has 1 aliphatic rings. The molecule has 0 spiro atoms. The number of hydrogen-bond donors (Lipinski definition) is 1. The van der Waals surface area contributed by atoms with Crippen LogP contribution in [-0.4, -0.2) is 18.9 Å². The molecule has 1 aromatic rings. The molecule has 86 valence electrons. The number of carbonyl (C=O) groups is 1. The Hall–Kier alpha value is -1.15. The second-order valence-electron chi connectivity index (χ2n) is 4.74. The second kappa shape index (κ2) is 4.79. The highest BCUT2D eigenvalue weighted by Crippen LogP contribution is 2.29. The molecule has 1 aromatic carbocycles. The van der Waals surface area contributed by atoms with Gasteiger partial charge in [-0.05, 0) is 43.9 Å². The zero-order valence-electron chi connectivity index (χ0n) is 9.99. The van der Waals surface area contributed by atoms with Gasteiger partial charge in [0, 0.05) is 12.5 Å². The first-order valence-electron chi connectivity index (χ1n) is 5.94. The number of Topliss-reactive ketones (excluding diaryl/α,β-unsaturated/α-hetero) is 1. The SMILES string of the molecule is CNC(CC(C)=O)C1Cc2ccccc2C1. The zero-order chi connectivity index (χ0) is 11.5. The van der Waals surface area contributed by atoms with Crippen molar-refractivity contribution < 1.29 is 4.79 Å². The minimum Gasteiger partial charge on any atom is -0.316 e. The van der Waals surface area contributed by atoms with E-state index in [1.54, 1.807) is 6.92 Å². The molecule has 2 rings (SSSR count). The van der Waals surface area contributed by atoms with Gasteiger partial charge in [0.15, 0.2) is 0 Å². The van der Waals surface area contributed by atoms with Crippen LogP contribution in [0.25, 0.3) is 0 Å². The van der Waals surface area contributed by atoms with Crippen LogP contribution in [0.2, 0.25) is 0 Å². The van der Waals surface area contributed by atoms with E-state index in [-0.39, 0.29) is 5.78 Å². The van der Waals surface area contributed by atoms with Crippen molar-refractivity contribution in [2.45, 2.75) is 32.2 Å². The van der Waals surface area contributed by atoms with E-state index >= 15 is 0 Å². The number of benzene rings is 1. The molecule has 0 aliphatic heterocycles. The lowest BCUT2D eigenvalue weighted by Gasteiger charge is -2.21. The van der Waals surface area contributed by atoms with Gasteiger partial charge in [-0.15, -0.1) is 0 Å². The fourth-order valence-electron chi connectivity index (χ4n) is 2.69. The van der Waals surface area contributed by atoms with Gasteiger partial charge >= 0.3 is 0 Å². The Bertz CT molecular complexity index is 361. The monoisotopic (exact) mass is 217 g/mol. The molecule has 0 radical (unpaired) electrons. The highest BCUT2D eigenvalue weighted by Gasteiger charge is 2.28. The first kappa shape index (κ1) is 11.3. The number of rotatable bonds is 4. The number of hydrogen-bond acceptors (Lipinski definition) is 2. The largest absolute Gasteiger partial charge is 0.316 e. The summed E-state index contributed by atoms with van der Waals surface area (Å²) in [7, 11) is 1.95. The molecule has 1 atom stereocenters. The van der Waals surface area contributed by atoms with E-state index in [1.807, 2.05) is 7.05 Å². The van der Waals surface area contributed by atoms with Crippen LogP contribution in [0.1, 0.15) is 24.5 Å². The summed E-state index contributed by atoms with van der Waals surface area (Å²) in [6.07, 6.45) is 2.86. The van der Waals surface area contributed by atoms with Crippen LogP contribution in [0, 0.1) is 5.92 Å². The van der Waals surface area contributed by atoms with Gasteiger partial charge in [0.2, 0.25) is 0 Å². The lowest BCUT2D eigenvalue weighted by Crippen LogP contribution is -2.35. The minimum atomic E-state index is 0.273. The van der Waals surface area contributed by atoms with E-state index < -0.39 is 0 Å². The molecular weight excluding hydrogens is 198 g/mol. The second-order valence-corrected chi connectivity index (χ2v) is 4.74. The Kier molecular flexibility index (Phi) is 3.39. The van der Waals surface area contributed by atoms with Crippen LogP contribution in [0.3, 0.4) is 0 Å². The van der Waals surface area contributed by atoms with Crippen LogP contribution in [-0.2, 0) is 17.6 Å². The van der Waals surface area contributed by atoms with Crippen LogP contribution >= 0.6 is 0 Å². The van der Waals surface area contributed by atoms with Crippen LogP contribution in [0.4, 0.5) is 0 Å². The van der Waals surface area contributed by atoms with Crippen molar-refractivity contribution in [1.29, 1.82) is 0 Å². The van der Waals surface area contributed by atoms with Crippen LogP contribution < -0.4 is 5.32 Å². The lowest BCUT2D eigenvalue weighted by molar-refractivity contribution is -0.117. The third kappa shape index (κ3) is 2.33. The Morgan fingerprint density at radius 1 is 1.38 bits per heavy atom. The molecule has 1 unspecified atom stereocenters. The average Bonchev–Trinajstić information content (AvgIpc) is 2.68. The minimum absolute atomic E-state index is 0.273. The first-order valence-corrected chi connectivity index (χ1v) is 5.94. The van der Waals surface area contributed by atoms with E-state index in [0.29, 0.717) is 18.4 Å². The molecular formula is C14H19NO. The van der Waals surface area contributed by atoms with Gasteiger partial charge in [-0.2, -0.15) is 0 Å². The number of nitrogens with one attached hydrogen (secondary N) is 1. The normalized spacial score (nSPS) is 17.1. The number of ketones is 1. The topological polar surface area (TPSA) is 29.1 Å². The number of fused-ring (bicyclic) bond motifs is 1. The molecule has 1 aliphatic carbocycles. The molecule has 0 fully saturated rings. The molecule has 0 saturated heterocycles. The molecule has 2 heteroatoms. The fraction of sp³-hybridized carbons (Fsp3) is 0.500. The molecule has 0 saturated carbocycles. The molecule has 0 heterocycles. The van der Waals surface area contributed by atoms with E-state index in [4.69, 9.17) is 0 Å². The Morgan fingerprint density at radius 2 is 1.94 bits per heavy atom. The predicted molar refractivity (Wildman–Crippen MR) is 65.5 cm³/mol. The summed E-state index contributed by atoms with van der Waals surface area (Å²) in [6.45, 7) is 1.67. The predicted octanol–water partition coefficient (Wildman–Crippen LogP) is 1.97. The van der Waals surface area contributed by atoms with Crippen molar-refractivity contribution in [3.63, 3.8) is 0 Å². The van der Waals surface area contributed by atoms with Crippen molar-refractivity contribution in [3.8, 4) is 0 Å². The van der Waals surface area contributed by atoms with Crippen LogP contribution in [0.5, 0.6) is 0 Å². The summed E-state index contributed by atoms with van der Waals surface area (Å²) in [6, 6.07) is 8.93. The standard InChI is InChI=1S/C14H19NO/c1-10(16)7-14(15-2)13-8-11-5-3-4-6-12(11)9-13/h3-6,13-15H,7-9H2,1-2H3. The van der Waals surface area contributed by atoms with E-state index in [9.17, 15) is 4.79 Å². The van der Waals surface area contributed by atoms with Crippen molar-refractivity contribution in [2.24, 2.45) is 5.92 Å². The van der Waals surface area contributed by atoms with Crippen LogP contribution in [0.15, 0.2) is 24.3 Å². The maximum atomic E-state index is 11.2. The maximum Gasteiger partial charge on any atom is 0.131 e. The van der Waals surface area contributed by atoms with E-state index in [1.165, 1.54) is 11.1 Å². The highest BCUT2D eigenvalue weighted by atomic mass is 16.1. The average molecular weight is 217 g/mol. The third-order valence-corrected chi connectivity index (χ3v) is 3.53. The smallest absolute Gasteiger partial charge is 0.131 e. The molecule has 0 bridgehead atoms. The molecule has 0 amide bonds. The zero-order valence-corrected chi connectivity index (χ0v) is 9.99. The summed E-state index contributed by atoms with van der Waals surface area (Å²) in [5, 5.41) is 3.29. The summed E-state index contributed by atoms with van der Waals surface area (Å²) in [5.41, 5.74) is 2.91. The Balaban J connectivity index is 2.06. The van der Waals surface area contributed by atoms with E-state index in [2.05, 4.69) is 29.6 Å². The fourth-order valence-corrected chi connectivity index (χ4v) is 2.69.